The minimum Gasteiger partial charge on any atom is -0.382 e. The van der Waals surface area contributed by atoms with Gasteiger partial charge in [0.25, 0.3) is 0 Å². The zero-order chi connectivity index (χ0) is 10.7. The fraction of sp³-hybridized carbons (Fsp3) is 0.538. The van der Waals surface area contributed by atoms with Crippen molar-refractivity contribution < 1.29 is 0 Å². The second-order valence-electron chi connectivity index (χ2n) is 4.50. The van der Waals surface area contributed by atoms with Gasteiger partial charge in [0.05, 0.1) is 0 Å². The summed E-state index contributed by atoms with van der Waals surface area (Å²) in [5.74, 6) is 0. The SMILES string of the molecule is Cc1cc(Br)cc(NC2CCCCC2)c1. The van der Waals surface area contributed by atoms with E-state index < -0.39 is 0 Å². The molecule has 0 aliphatic heterocycles. The van der Waals surface area contributed by atoms with Gasteiger partial charge < -0.3 is 5.32 Å². The molecule has 0 radical (unpaired) electrons. The molecule has 0 bridgehead atoms. The van der Waals surface area contributed by atoms with E-state index in [2.05, 4.69) is 46.4 Å². The summed E-state index contributed by atoms with van der Waals surface area (Å²) in [7, 11) is 0. The van der Waals surface area contributed by atoms with Crippen molar-refractivity contribution in [1.29, 1.82) is 0 Å². The lowest BCUT2D eigenvalue weighted by Crippen LogP contribution is -2.22. The highest BCUT2D eigenvalue weighted by Gasteiger charge is 2.12. The summed E-state index contributed by atoms with van der Waals surface area (Å²) in [6.45, 7) is 2.14. The number of halogens is 1. The minimum atomic E-state index is 0.687. The van der Waals surface area contributed by atoms with Crippen LogP contribution in [0.25, 0.3) is 0 Å². The summed E-state index contributed by atoms with van der Waals surface area (Å²) in [6.07, 6.45) is 6.82. The number of hydrogen-bond acceptors (Lipinski definition) is 1. The highest BCUT2D eigenvalue weighted by molar-refractivity contribution is 9.10. The van der Waals surface area contributed by atoms with Gasteiger partial charge in [-0.15, -0.1) is 0 Å². The number of hydrogen-bond donors (Lipinski definition) is 1. The van der Waals surface area contributed by atoms with Crippen LogP contribution in [0.2, 0.25) is 0 Å². The standard InChI is InChI=1S/C13H18BrN/c1-10-7-11(14)9-13(8-10)15-12-5-3-2-4-6-12/h7-9,12,15H,2-6H2,1H3. The van der Waals surface area contributed by atoms with Crippen LogP contribution in [0.15, 0.2) is 22.7 Å². The molecule has 0 amide bonds. The summed E-state index contributed by atoms with van der Waals surface area (Å²) in [4.78, 5) is 0. The smallest absolute Gasteiger partial charge is 0.0356 e. The van der Waals surface area contributed by atoms with Gasteiger partial charge in [0, 0.05) is 16.2 Å². The molecule has 1 aliphatic carbocycles. The third-order valence-electron chi connectivity index (χ3n) is 3.02. The molecule has 1 N–H and O–H groups in total. The Balaban J connectivity index is 2.02. The predicted molar refractivity (Wildman–Crippen MR) is 69.4 cm³/mol. The summed E-state index contributed by atoms with van der Waals surface area (Å²) in [5.41, 5.74) is 2.57. The number of rotatable bonds is 2. The molecular formula is C13H18BrN. The van der Waals surface area contributed by atoms with Gasteiger partial charge in [0.1, 0.15) is 0 Å². The lowest BCUT2D eigenvalue weighted by molar-refractivity contribution is 0.463. The highest BCUT2D eigenvalue weighted by atomic mass is 79.9. The summed E-state index contributed by atoms with van der Waals surface area (Å²) >= 11 is 3.54. The molecular weight excluding hydrogens is 250 g/mol. The molecule has 15 heavy (non-hydrogen) atoms. The molecule has 1 fully saturated rings. The average Bonchev–Trinajstić information content (AvgIpc) is 2.17. The summed E-state index contributed by atoms with van der Waals surface area (Å²) in [5, 5.41) is 3.63. The van der Waals surface area contributed by atoms with Crippen LogP contribution in [0, 0.1) is 6.92 Å². The summed E-state index contributed by atoms with van der Waals surface area (Å²) in [6, 6.07) is 7.22. The monoisotopic (exact) mass is 267 g/mol. The fourth-order valence-electron chi connectivity index (χ4n) is 2.30. The maximum absolute atomic E-state index is 3.63. The number of anilines is 1. The van der Waals surface area contributed by atoms with Gasteiger partial charge in [-0.2, -0.15) is 0 Å². The molecule has 1 aromatic rings. The molecule has 0 unspecified atom stereocenters. The first-order valence-electron chi connectivity index (χ1n) is 5.78. The first-order chi connectivity index (χ1) is 7.24. The zero-order valence-electron chi connectivity index (χ0n) is 9.22. The van der Waals surface area contributed by atoms with Gasteiger partial charge in [-0.1, -0.05) is 35.2 Å². The van der Waals surface area contributed by atoms with Gasteiger partial charge in [-0.25, -0.2) is 0 Å². The minimum absolute atomic E-state index is 0.687. The number of benzene rings is 1. The van der Waals surface area contributed by atoms with Crippen LogP contribution in [0.5, 0.6) is 0 Å². The van der Waals surface area contributed by atoms with Crippen LogP contribution in [0.3, 0.4) is 0 Å². The first kappa shape index (κ1) is 11.0. The van der Waals surface area contributed by atoms with Crippen LogP contribution >= 0.6 is 15.9 Å². The summed E-state index contributed by atoms with van der Waals surface area (Å²) < 4.78 is 1.17. The topological polar surface area (TPSA) is 12.0 Å². The van der Waals surface area contributed by atoms with Crippen molar-refractivity contribution in [2.24, 2.45) is 0 Å². The van der Waals surface area contributed by atoms with Gasteiger partial charge in [0.15, 0.2) is 0 Å². The molecule has 1 aromatic carbocycles. The molecule has 0 heterocycles. The Kier molecular flexibility index (Phi) is 3.68. The Morgan fingerprint density at radius 3 is 2.53 bits per heavy atom. The van der Waals surface area contributed by atoms with Crippen LogP contribution in [-0.4, -0.2) is 6.04 Å². The van der Waals surface area contributed by atoms with E-state index >= 15 is 0 Å². The van der Waals surface area contributed by atoms with Crippen LogP contribution < -0.4 is 5.32 Å². The van der Waals surface area contributed by atoms with Crippen LogP contribution in [0.4, 0.5) is 5.69 Å². The molecule has 2 heteroatoms. The number of aryl methyl sites for hydroxylation is 1. The van der Waals surface area contributed by atoms with Crippen molar-refractivity contribution in [2.45, 2.75) is 45.1 Å². The second kappa shape index (κ2) is 5.02. The van der Waals surface area contributed by atoms with Crippen molar-refractivity contribution in [3.8, 4) is 0 Å². The van der Waals surface area contributed by atoms with E-state index in [1.807, 2.05) is 0 Å². The zero-order valence-corrected chi connectivity index (χ0v) is 10.8. The van der Waals surface area contributed by atoms with Crippen molar-refractivity contribution in [2.75, 3.05) is 5.32 Å². The first-order valence-corrected chi connectivity index (χ1v) is 6.57. The van der Waals surface area contributed by atoms with E-state index in [0.717, 1.165) is 0 Å². The molecule has 0 atom stereocenters. The highest BCUT2D eigenvalue weighted by Crippen LogP contribution is 2.24. The average molecular weight is 268 g/mol. The Morgan fingerprint density at radius 2 is 1.87 bits per heavy atom. The predicted octanol–water partition coefficient (Wildman–Crippen LogP) is 4.50. The maximum atomic E-state index is 3.63. The third kappa shape index (κ3) is 3.23. The van der Waals surface area contributed by atoms with Gasteiger partial charge in [-0.3, -0.25) is 0 Å². The normalized spacial score (nSPS) is 17.7. The van der Waals surface area contributed by atoms with E-state index in [0.29, 0.717) is 6.04 Å². The third-order valence-corrected chi connectivity index (χ3v) is 3.48. The fourth-order valence-corrected chi connectivity index (χ4v) is 2.91. The Bertz CT molecular complexity index is 309. The molecule has 1 nitrogen and oxygen atoms in total. The quantitative estimate of drug-likeness (QED) is 0.832. The van der Waals surface area contributed by atoms with Crippen molar-refractivity contribution in [3.63, 3.8) is 0 Å². The second-order valence-corrected chi connectivity index (χ2v) is 5.41. The van der Waals surface area contributed by atoms with Crippen molar-refractivity contribution in [3.05, 3.63) is 28.2 Å². The van der Waals surface area contributed by atoms with Gasteiger partial charge in [-0.05, 0) is 43.5 Å². The van der Waals surface area contributed by atoms with E-state index in [-0.39, 0.29) is 0 Å². The molecule has 1 saturated carbocycles. The van der Waals surface area contributed by atoms with E-state index in [4.69, 9.17) is 0 Å². The van der Waals surface area contributed by atoms with E-state index in [1.54, 1.807) is 0 Å². The Morgan fingerprint density at radius 1 is 1.13 bits per heavy atom. The molecule has 0 saturated heterocycles. The molecule has 0 aromatic heterocycles. The van der Waals surface area contributed by atoms with Gasteiger partial charge >= 0.3 is 0 Å². The molecule has 82 valence electrons. The molecule has 1 aliphatic rings. The molecule has 2 rings (SSSR count). The van der Waals surface area contributed by atoms with Crippen molar-refractivity contribution >= 4 is 21.6 Å². The van der Waals surface area contributed by atoms with Crippen LogP contribution in [0.1, 0.15) is 37.7 Å². The Labute approximate surface area is 100 Å². The van der Waals surface area contributed by atoms with Gasteiger partial charge in [0.2, 0.25) is 0 Å². The van der Waals surface area contributed by atoms with E-state index in [9.17, 15) is 0 Å². The Hall–Kier alpha value is -0.500. The van der Waals surface area contributed by atoms with E-state index in [1.165, 1.54) is 47.8 Å². The maximum Gasteiger partial charge on any atom is 0.0356 e. The number of nitrogens with one attached hydrogen (secondary N) is 1. The van der Waals surface area contributed by atoms with Crippen LogP contribution in [-0.2, 0) is 0 Å². The lowest BCUT2D eigenvalue weighted by atomic mass is 9.95. The van der Waals surface area contributed by atoms with Crippen molar-refractivity contribution in [1.82, 2.24) is 0 Å². The molecule has 0 spiro atoms. The largest absolute Gasteiger partial charge is 0.382 e. The lowest BCUT2D eigenvalue weighted by Gasteiger charge is -2.24.